The molecule has 1 unspecified atom stereocenters. The minimum Gasteiger partial charge on any atom is -0.379 e. The van der Waals surface area contributed by atoms with Gasteiger partial charge in [0.15, 0.2) is 0 Å². The zero-order chi connectivity index (χ0) is 24.8. The second-order valence-corrected chi connectivity index (χ2v) is 11.3. The van der Waals surface area contributed by atoms with Gasteiger partial charge in [-0.25, -0.2) is 0 Å². The minimum absolute atomic E-state index is 0.00422. The maximum atomic E-state index is 13.2. The number of hydrogen-bond acceptors (Lipinski definition) is 3. The van der Waals surface area contributed by atoms with Crippen molar-refractivity contribution in [2.45, 2.75) is 103 Å². The molecular formula is C30H48N2O2. The Morgan fingerprint density at radius 2 is 1.82 bits per heavy atom. The van der Waals surface area contributed by atoms with Crippen molar-refractivity contribution in [2.75, 3.05) is 26.7 Å². The molecule has 1 aliphatic heterocycles. The molecule has 0 bridgehead atoms. The number of fused-ring (bicyclic) bond motifs is 2. The van der Waals surface area contributed by atoms with Crippen molar-refractivity contribution in [3.63, 3.8) is 0 Å². The molecule has 1 aliphatic carbocycles. The van der Waals surface area contributed by atoms with E-state index in [9.17, 15) is 4.79 Å². The summed E-state index contributed by atoms with van der Waals surface area (Å²) >= 11 is 0. The van der Waals surface area contributed by atoms with Crippen molar-refractivity contribution in [3.8, 4) is 0 Å². The van der Waals surface area contributed by atoms with Crippen LogP contribution < -0.4 is 5.32 Å². The second kappa shape index (κ2) is 11.9. The van der Waals surface area contributed by atoms with Crippen molar-refractivity contribution in [3.05, 3.63) is 41.5 Å². The molecule has 0 radical (unpaired) electrons. The van der Waals surface area contributed by atoms with Crippen LogP contribution in [0, 0.1) is 5.92 Å². The summed E-state index contributed by atoms with van der Waals surface area (Å²) in [6.45, 7) is 14.4. The molecular weight excluding hydrogens is 420 g/mol. The number of amides is 1. The lowest BCUT2D eigenvalue weighted by molar-refractivity contribution is -0.116. The predicted octanol–water partition coefficient (Wildman–Crippen LogP) is 6.34. The number of benzene rings is 1. The van der Waals surface area contributed by atoms with Crippen molar-refractivity contribution >= 4 is 11.5 Å². The fourth-order valence-corrected chi connectivity index (χ4v) is 5.64. The number of nitrogens with zero attached hydrogens (tertiary/aromatic N) is 1. The first-order valence-electron chi connectivity index (χ1n) is 13.6. The Morgan fingerprint density at radius 3 is 2.47 bits per heavy atom. The summed E-state index contributed by atoms with van der Waals surface area (Å²) in [6, 6.07) is 8.85. The first kappa shape index (κ1) is 26.9. The molecule has 1 saturated heterocycles. The van der Waals surface area contributed by atoms with Crippen LogP contribution in [0.2, 0.25) is 0 Å². The Morgan fingerprint density at radius 1 is 1.15 bits per heavy atom. The fraction of sp³-hybridized carbons (Fsp3) is 0.700. The Hall–Kier alpha value is -1.65. The maximum Gasteiger partial charge on any atom is 0.251 e. The average Bonchev–Trinajstić information content (AvgIpc) is 3.16. The lowest BCUT2D eigenvalue weighted by Crippen LogP contribution is -2.41. The van der Waals surface area contributed by atoms with Crippen molar-refractivity contribution in [1.29, 1.82) is 0 Å². The number of nitrogens with one attached hydrogen (secondary N) is 1. The molecule has 1 aromatic carbocycles. The highest BCUT2D eigenvalue weighted by molar-refractivity contribution is 6.21. The molecule has 4 heteroatoms. The van der Waals surface area contributed by atoms with E-state index in [0.29, 0.717) is 0 Å². The largest absolute Gasteiger partial charge is 0.379 e. The molecule has 34 heavy (non-hydrogen) atoms. The zero-order valence-corrected chi connectivity index (χ0v) is 22.6. The summed E-state index contributed by atoms with van der Waals surface area (Å²) < 4.78 is 5.56. The van der Waals surface area contributed by atoms with Crippen molar-refractivity contribution in [2.24, 2.45) is 5.92 Å². The van der Waals surface area contributed by atoms with Gasteiger partial charge in [-0.15, -0.1) is 0 Å². The van der Waals surface area contributed by atoms with E-state index in [1.54, 1.807) is 0 Å². The topological polar surface area (TPSA) is 41.6 Å². The van der Waals surface area contributed by atoms with Crippen LogP contribution in [0.15, 0.2) is 30.3 Å². The first-order chi connectivity index (χ1) is 16.2. The Labute approximate surface area is 208 Å². The first-order valence-corrected chi connectivity index (χ1v) is 13.6. The van der Waals surface area contributed by atoms with Crippen LogP contribution in [-0.4, -0.2) is 49.2 Å². The van der Waals surface area contributed by atoms with E-state index in [1.165, 1.54) is 31.4 Å². The molecule has 2 aliphatic rings. The third-order valence-corrected chi connectivity index (χ3v) is 8.45. The molecule has 1 N–H and O–H groups in total. The SMILES string of the molecule is CCC(CC)NC(=O)C1=CC2(CCN(CCC(C)CCCC(C)(C)OC)CC2)c2ccccc21. The predicted molar refractivity (Wildman–Crippen MR) is 143 cm³/mol. The van der Waals surface area contributed by atoms with Crippen LogP contribution in [0.1, 0.15) is 97.1 Å². The van der Waals surface area contributed by atoms with Gasteiger partial charge in [-0.05, 0) is 89.1 Å². The summed E-state index contributed by atoms with van der Waals surface area (Å²) in [5, 5.41) is 3.27. The fourth-order valence-electron chi connectivity index (χ4n) is 5.64. The monoisotopic (exact) mass is 468 g/mol. The van der Waals surface area contributed by atoms with Gasteiger partial charge in [0.25, 0.3) is 5.91 Å². The number of hydrogen-bond donors (Lipinski definition) is 1. The van der Waals surface area contributed by atoms with E-state index < -0.39 is 0 Å². The zero-order valence-electron chi connectivity index (χ0n) is 22.6. The molecule has 1 aromatic rings. The van der Waals surface area contributed by atoms with E-state index in [-0.39, 0.29) is 23.0 Å². The average molecular weight is 469 g/mol. The van der Waals surface area contributed by atoms with Crippen LogP contribution in [0.25, 0.3) is 5.57 Å². The number of likely N-dealkylation sites (tertiary alicyclic amines) is 1. The quantitative estimate of drug-likeness (QED) is 0.389. The van der Waals surface area contributed by atoms with E-state index in [4.69, 9.17) is 4.74 Å². The van der Waals surface area contributed by atoms with Gasteiger partial charge in [0.1, 0.15) is 0 Å². The Balaban J connectivity index is 1.56. The van der Waals surface area contributed by atoms with Crippen molar-refractivity contribution in [1.82, 2.24) is 10.2 Å². The normalized spacial score (nSPS) is 18.7. The number of piperidine rings is 1. The number of rotatable bonds is 12. The number of carbonyl (C=O) groups is 1. The molecule has 190 valence electrons. The number of ether oxygens (including phenoxy) is 1. The van der Waals surface area contributed by atoms with Gasteiger partial charge in [0.05, 0.1) is 5.60 Å². The standard InChI is InChI=1S/C30H48N2O2/c1-7-24(8-2)31-28(33)26-22-30(27-14-10-9-13-25(26)27)17-20-32(21-18-30)19-15-23(3)12-11-16-29(4,5)34-6/h9-10,13-14,22-24H,7-8,11-12,15-21H2,1-6H3,(H,31,33). The molecule has 1 amide bonds. The van der Waals surface area contributed by atoms with Gasteiger partial charge in [-0.2, -0.15) is 0 Å². The molecule has 1 atom stereocenters. The third kappa shape index (κ3) is 6.51. The van der Waals surface area contributed by atoms with E-state index in [2.05, 4.69) is 75.2 Å². The molecule has 0 aromatic heterocycles. The summed E-state index contributed by atoms with van der Waals surface area (Å²) in [5.41, 5.74) is 3.41. The van der Waals surface area contributed by atoms with E-state index in [0.717, 1.165) is 62.2 Å². The Kier molecular flexibility index (Phi) is 9.40. The minimum atomic E-state index is -0.00422. The van der Waals surface area contributed by atoms with Gasteiger partial charge >= 0.3 is 0 Å². The van der Waals surface area contributed by atoms with Crippen molar-refractivity contribution < 1.29 is 9.53 Å². The van der Waals surface area contributed by atoms with Gasteiger partial charge in [-0.1, -0.05) is 64.0 Å². The summed E-state index contributed by atoms with van der Waals surface area (Å²) in [7, 11) is 1.81. The summed E-state index contributed by atoms with van der Waals surface area (Å²) in [6.07, 6.45) is 11.3. The number of allylic oxidation sites excluding steroid dienone is 1. The molecule has 1 fully saturated rings. The Bertz CT molecular complexity index is 832. The van der Waals surface area contributed by atoms with Gasteiger partial charge < -0.3 is 15.0 Å². The van der Waals surface area contributed by atoms with Crippen LogP contribution in [0.4, 0.5) is 0 Å². The maximum absolute atomic E-state index is 13.2. The lowest BCUT2D eigenvalue weighted by Gasteiger charge is -2.39. The van der Waals surface area contributed by atoms with E-state index >= 15 is 0 Å². The number of methoxy groups -OCH3 is 1. The highest BCUT2D eigenvalue weighted by Crippen LogP contribution is 2.47. The van der Waals surface area contributed by atoms with Crippen LogP contribution in [-0.2, 0) is 14.9 Å². The second-order valence-electron chi connectivity index (χ2n) is 11.3. The van der Waals surface area contributed by atoms with Crippen LogP contribution in [0.3, 0.4) is 0 Å². The van der Waals surface area contributed by atoms with Gasteiger partial charge in [0, 0.05) is 24.1 Å². The molecule has 3 rings (SSSR count). The summed E-state index contributed by atoms with van der Waals surface area (Å²) in [4.78, 5) is 15.8. The molecule has 1 spiro atoms. The van der Waals surface area contributed by atoms with Crippen LogP contribution in [0.5, 0.6) is 0 Å². The smallest absolute Gasteiger partial charge is 0.251 e. The summed E-state index contributed by atoms with van der Waals surface area (Å²) in [5.74, 6) is 0.849. The highest BCUT2D eigenvalue weighted by atomic mass is 16.5. The van der Waals surface area contributed by atoms with Crippen LogP contribution >= 0.6 is 0 Å². The molecule has 4 nitrogen and oxygen atoms in total. The van der Waals surface area contributed by atoms with E-state index in [1.807, 2.05) is 7.11 Å². The lowest BCUT2D eigenvalue weighted by atomic mass is 9.74. The van der Waals surface area contributed by atoms with Gasteiger partial charge in [-0.3, -0.25) is 4.79 Å². The third-order valence-electron chi connectivity index (χ3n) is 8.45. The van der Waals surface area contributed by atoms with Gasteiger partial charge in [0.2, 0.25) is 0 Å². The highest BCUT2D eigenvalue weighted by Gasteiger charge is 2.42. The molecule has 0 saturated carbocycles. The number of carbonyl (C=O) groups excluding carboxylic acids is 1. The molecule has 1 heterocycles.